The molecule has 1 aromatic heterocycles. The van der Waals surface area contributed by atoms with E-state index in [2.05, 4.69) is 4.98 Å². The molecule has 1 heterocycles. The Morgan fingerprint density at radius 3 is 2.78 bits per heavy atom. The van der Waals surface area contributed by atoms with Crippen LogP contribution < -0.4 is 0 Å². The fourth-order valence-corrected chi connectivity index (χ4v) is 1.74. The fraction of sp³-hybridized carbons (Fsp3) is 0.0833. The van der Waals surface area contributed by atoms with Gasteiger partial charge in [0.15, 0.2) is 11.4 Å². The minimum Gasteiger partial charge on any atom is -0.317 e. The molecule has 6 heteroatoms. The Morgan fingerprint density at radius 1 is 1.33 bits per heavy atom. The lowest BCUT2D eigenvalue weighted by Gasteiger charge is -2.06. The molecule has 0 radical (unpaired) electrons. The topological polar surface area (TPSA) is 65.4 Å². The Kier molecular flexibility index (Phi) is 3.27. The Balaban J connectivity index is 2.42. The average Bonchev–Trinajstić information content (AvgIpc) is 2.77. The summed E-state index contributed by atoms with van der Waals surface area (Å²) in [5.41, 5.74) is 0.706. The normalized spacial score (nSPS) is 9.78. The first-order valence-corrected chi connectivity index (χ1v) is 5.33. The zero-order chi connectivity index (χ0) is 13.1. The van der Waals surface area contributed by atoms with E-state index >= 15 is 0 Å². The van der Waals surface area contributed by atoms with E-state index in [1.807, 2.05) is 12.1 Å². The van der Waals surface area contributed by atoms with Crippen molar-refractivity contribution < 1.29 is 4.39 Å². The highest BCUT2D eigenvalue weighted by molar-refractivity contribution is 6.31. The number of rotatable bonds is 2. The predicted molar refractivity (Wildman–Crippen MR) is 62.2 cm³/mol. The first-order valence-electron chi connectivity index (χ1n) is 4.95. The van der Waals surface area contributed by atoms with E-state index in [0.29, 0.717) is 5.56 Å². The summed E-state index contributed by atoms with van der Waals surface area (Å²) >= 11 is 5.82. The van der Waals surface area contributed by atoms with E-state index < -0.39 is 5.82 Å². The van der Waals surface area contributed by atoms with Crippen molar-refractivity contribution in [3.63, 3.8) is 0 Å². The Bertz CT molecular complexity index is 678. The maximum absolute atomic E-state index is 13.3. The molecule has 4 nitrogen and oxygen atoms in total. The number of nitrogens with zero attached hydrogens (tertiary/aromatic N) is 4. The molecule has 0 atom stereocenters. The average molecular weight is 261 g/mol. The number of aromatic nitrogens is 2. The van der Waals surface area contributed by atoms with Crippen molar-refractivity contribution in [2.45, 2.75) is 6.54 Å². The Morgan fingerprint density at radius 2 is 2.11 bits per heavy atom. The van der Waals surface area contributed by atoms with Gasteiger partial charge in [0, 0.05) is 0 Å². The Labute approximate surface area is 107 Å². The summed E-state index contributed by atoms with van der Waals surface area (Å²) in [4.78, 5) is 3.80. The van der Waals surface area contributed by atoms with Gasteiger partial charge in [-0.25, -0.2) is 9.37 Å². The molecule has 2 rings (SSSR count). The van der Waals surface area contributed by atoms with Crippen LogP contribution in [0.3, 0.4) is 0 Å². The smallest absolute Gasteiger partial charge is 0.176 e. The highest BCUT2D eigenvalue weighted by Gasteiger charge is 2.12. The predicted octanol–water partition coefficient (Wildman–Crippen LogP) is 2.47. The minimum atomic E-state index is -0.520. The fourth-order valence-electron chi connectivity index (χ4n) is 1.56. The first kappa shape index (κ1) is 12.1. The molecule has 0 aliphatic carbocycles. The molecule has 1 aromatic carbocycles. The molecule has 0 bridgehead atoms. The van der Waals surface area contributed by atoms with E-state index in [0.717, 1.165) is 0 Å². The van der Waals surface area contributed by atoms with Gasteiger partial charge >= 0.3 is 0 Å². The molecule has 0 aliphatic heterocycles. The quantitative estimate of drug-likeness (QED) is 0.833. The van der Waals surface area contributed by atoms with Gasteiger partial charge in [-0.05, 0) is 11.6 Å². The standard InChI is InChI=1S/C12H6ClFN4/c13-12-8(2-1-3-9(12)14)6-18-7-17-10(4-15)11(18)5-16/h1-3,7H,6H2. The van der Waals surface area contributed by atoms with Crippen molar-refractivity contribution >= 4 is 11.6 Å². The van der Waals surface area contributed by atoms with E-state index in [-0.39, 0.29) is 23.0 Å². The maximum atomic E-state index is 13.3. The second-order valence-corrected chi connectivity index (χ2v) is 3.88. The third kappa shape index (κ3) is 2.04. The molecular weight excluding hydrogens is 255 g/mol. The molecule has 2 aromatic rings. The molecule has 0 aliphatic rings. The molecule has 0 spiro atoms. The SMILES string of the molecule is N#Cc1ncn(Cc2cccc(F)c2Cl)c1C#N. The van der Waals surface area contributed by atoms with Gasteiger partial charge in [-0.3, -0.25) is 0 Å². The molecule has 0 N–H and O–H groups in total. The molecule has 88 valence electrons. The van der Waals surface area contributed by atoms with Crippen LogP contribution in [0.2, 0.25) is 5.02 Å². The summed E-state index contributed by atoms with van der Waals surface area (Å²) in [6.07, 6.45) is 1.36. The molecule has 0 amide bonds. The largest absolute Gasteiger partial charge is 0.317 e. The van der Waals surface area contributed by atoms with E-state index in [4.69, 9.17) is 22.1 Å². The van der Waals surface area contributed by atoms with Crippen molar-refractivity contribution in [1.82, 2.24) is 9.55 Å². The first-order chi connectivity index (χ1) is 8.67. The molecule has 0 unspecified atom stereocenters. The van der Waals surface area contributed by atoms with Crippen LogP contribution in [0.4, 0.5) is 4.39 Å². The van der Waals surface area contributed by atoms with Gasteiger partial charge in [-0.15, -0.1) is 0 Å². The van der Waals surface area contributed by atoms with Crippen molar-refractivity contribution in [3.8, 4) is 12.1 Å². The zero-order valence-electron chi connectivity index (χ0n) is 9.06. The number of hydrogen-bond acceptors (Lipinski definition) is 3. The van der Waals surface area contributed by atoms with Crippen LogP contribution >= 0.6 is 11.6 Å². The number of halogens is 2. The summed E-state index contributed by atoms with van der Waals surface area (Å²) in [6, 6.07) is 8.15. The van der Waals surface area contributed by atoms with E-state index in [9.17, 15) is 4.39 Å². The van der Waals surface area contributed by atoms with Crippen LogP contribution in [0.5, 0.6) is 0 Å². The lowest BCUT2D eigenvalue weighted by molar-refractivity contribution is 0.624. The van der Waals surface area contributed by atoms with Crippen molar-refractivity contribution in [2.75, 3.05) is 0 Å². The number of benzene rings is 1. The van der Waals surface area contributed by atoms with Crippen LogP contribution in [0, 0.1) is 28.5 Å². The van der Waals surface area contributed by atoms with Gasteiger partial charge < -0.3 is 4.57 Å². The summed E-state index contributed by atoms with van der Waals surface area (Å²) in [6.45, 7) is 0.189. The Hall–Kier alpha value is -2.37. The van der Waals surface area contributed by atoms with Crippen LogP contribution in [0.1, 0.15) is 17.0 Å². The lowest BCUT2D eigenvalue weighted by Crippen LogP contribution is -2.02. The zero-order valence-corrected chi connectivity index (χ0v) is 9.82. The molecule has 0 saturated carbocycles. The number of hydrogen-bond donors (Lipinski definition) is 0. The molecule has 0 saturated heterocycles. The maximum Gasteiger partial charge on any atom is 0.176 e. The third-order valence-electron chi connectivity index (χ3n) is 2.42. The van der Waals surface area contributed by atoms with E-state index in [1.165, 1.54) is 23.0 Å². The third-order valence-corrected chi connectivity index (χ3v) is 2.85. The van der Waals surface area contributed by atoms with Crippen molar-refractivity contribution in [2.24, 2.45) is 0 Å². The van der Waals surface area contributed by atoms with Crippen LogP contribution in [0.25, 0.3) is 0 Å². The van der Waals surface area contributed by atoms with Crippen LogP contribution in [-0.2, 0) is 6.54 Å². The van der Waals surface area contributed by atoms with Crippen LogP contribution in [-0.4, -0.2) is 9.55 Å². The number of imidazole rings is 1. The van der Waals surface area contributed by atoms with E-state index in [1.54, 1.807) is 6.07 Å². The summed E-state index contributed by atoms with van der Waals surface area (Å²) in [5.74, 6) is -0.520. The molecular formula is C12H6ClFN4. The molecule has 18 heavy (non-hydrogen) atoms. The van der Waals surface area contributed by atoms with Gasteiger partial charge in [-0.2, -0.15) is 10.5 Å². The number of nitriles is 2. The second kappa shape index (κ2) is 4.87. The van der Waals surface area contributed by atoms with Crippen molar-refractivity contribution in [1.29, 1.82) is 10.5 Å². The second-order valence-electron chi connectivity index (χ2n) is 3.51. The lowest BCUT2D eigenvalue weighted by atomic mass is 10.2. The summed E-state index contributed by atoms with van der Waals surface area (Å²) in [5, 5.41) is 17.7. The van der Waals surface area contributed by atoms with Crippen molar-refractivity contribution in [3.05, 3.63) is 52.3 Å². The summed E-state index contributed by atoms with van der Waals surface area (Å²) < 4.78 is 14.7. The minimum absolute atomic E-state index is 0.00796. The highest BCUT2D eigenvalue weighted by Crippen LogP contribution is 2.21. The van der Waals surface area contributed by atoms with Gasteiger partial charge in [0.2, 0.25) is 0 Å². The summed E-state index contributed by atoms with van der Waals surface area (Å²) in [7, 11) is 0. The highest BCUT2D eigenvalue weighted by atomic mass is 35.5. The van der Waals surface area contributed by atoms with Gasteiger partial charge in [0.05, 0.1) is 17.9 Å². The van der Waals surface area contributed by atoms with Gasteiger partial charge in [0.25, 0.3) is 0 Å². The van der Waals surface area contributed by atoms with Gasteiger partial charge in [0.1, 0.15) is 18.0 Å². The van der Waals surface area contributed by atoms with Gasteiger partial charge in [-0.1, -0.05) is 23.7 Å². The monoisotopic (exact) mass is 260 g/mol. The molecule has 0 fully saturated rings. The van der Waals surface area contributed by atoms with Crippen LogP contribution in [0.15, 0.2) is 24.5 Å².